The average molecular weight is 504 g/mol. The minimum atomic E-state index is 0.0636. The Balaban J connectivity index is 1.74. The topological polar surface area (TPSA) is 70.3 Å². The van der Waals surface area contributed by atoms with E-state index in [1.165, 1.54) is 5.70 Å². The van der Waals surface area contributed by atoms with Crippen molar-refractivity contribution >= 4 is 11.4 Å². The summed E-state index contributed by atoms with van der Waals surface area (Å²) in [5.41, 5.74) is 7.55. The van der Waals surface area contributed by atoms with Gasteiger partial charge in [-0.25, -0.2) is 0 Å². The number of aromatic nitrogens is 4. The molecule has 1 atom stereocenters. The number of hydrogen-bond acceptors (Lipinski definition) is 6. The first kappa shape index (κ1) is 26.9. The van der Waals surface area contributed by atoms with Crippen LogP contribution < -0.4 is 10.0 Å². The van der Waals surface area contributed by atoms with Crippen molar-refractivity contribution in [2.24, 2.45) is 0 Å². The van der Waals surface area contributed by atoms with Crippen LogP contribution in [-0.2, 0) is 6.42 Å². The molecule has 1 aliphatic heterocycles. The van der Waals surface area contributed by atoms with Crippen molar-refractivity contribution in [1.29, 1.82) is 0 Å². The first-order chi connectivity index (χ1) is 18.0. The first-order valence-electron chi connectivity index (χ1n) is 13.8. The van der Waals surface area contributed by atoms with Crippen molar-refractivity contribution in [1.82, 2.24) is 30.2 Å². The predicted molar refractivity (Wildman–Crippen MR) is 152 cm³/mol. The summed E-state index contributed by atoms with van der Waals surface area (Å²) < 4.78 is 0. The van der Waals surface area contributed by atoms with E-state index < -0.39 is 0 Å². The van der Waals surface area contributed by atoms with Gasteiger partial charge in [0.15, 0.2) is 0 Å². The maximum atomic E-state index is 4.69. The van der Waals surface area contributed by atoms with Gasteiger partial charge in [-0.05, 0) is 40.0 Å². The predicted octanol–water partition coefficient (Wildman–Crippen LogP) is 5.04. The third-order valence-corrected chi connectivity index (χ3v) is 7.46. The van der Waals surface area contributed by atoms with Crippen LogP contribution in [0, 0.1) is 13.0 Å². The summed E-state index contributed by atoms with van der Waals surface area (Å²) in [6, 6.07) is 10.5. The third kappa shape index (κ3) is 5.75. The minimum Gasteiger partial charge on any atom is -0.303 e. The van der Waals surface area contributed by atoms with Gasteiger partial charge in [0.1, 0.15) is 17.1 Å². The van der Waals surface area contributed by atoms with Crippen molar-refractivity contribution in [2.75, 3.05) is 49.3 Å². The lowest BCUT2D eigenvalue weighted by Crippen LogP contribution is -2.43. The van der Waals surface area contributed by atoms with Crippen LogP contribution in [0.5, 0.6) is 0 Å². The van der Waals surface area contributed by atoms with E-state index in [1.54, 1.807) is 0 Å². The van der Waals surface area contributed by atoms with Crippen LogP contribution in [0.3, 0.4) is 0 Å². The third-order valence-electron chi connectivity index (χ3n) is 7.46. The van der Waals surface area contributed by atoms with E-state index in [9.17, 15) is 0 Å². The fourth-order valence-corrected chi connectivity index (χ4v) is 5.22. The Morgan fingerprint density at radius 2 is 1.57 bits per heavy atom. The largest absolute Gasteiger partial charge is 0.303 e. The molecule has 4 rings (SSSR count). The highest BCUT2D eigenvalue weighted by atomic mass is 15.7. The summed E-state index contributed by atoms with van der Waals surface area (Å²) in [7, 11) is 0. The monoisotopic (exact) mass is 503 g/mol. The Kier molecular flexibility index (Phi) is 9.05. The second kappa shape index (κ2) is 12.4. The molecule has 3 heterocycles. The molecule has 0 aliphatic carbocycles. The molecule has 0 spiro atoms. The van der Waals surface area contributed by atoms with Crippen molar-refractivity contribution in [3.63, 3.8) is 0 Å². The summed E-state index contributed by atoms with van der Waals surface area (Å²) in [5, 5.41) is 20.6. The Hall–Kier alpha value is -3.10. The summed E-state index contributed by atoms with van der Waals surface area (Å²) in [6.07, 6.45) is 7.64. The Labute approximate surface area is 222 Å². The zero-order valence-corrected chi connectivity index (χ0v) is 23.4. The molecule has 8 nitrogen and oxygen atoms in total. The first-order valence-corrected chi connectivity index (χ1v) is 13.8. The summed E-state index contributed by atoms with van der Waals surface area (Å²) in [5.74, 6) is 0. The number of hydrazine groups is 1. The van der Waals surface area contributed by atoms with E-state index in [2.05, 4.69) is 112 Å². The molecule has 199 valence electrons. The van der Waals surface area contributed by atoms with E-state index in [-0.39, 0.29) is 6.04 Å². The van der Waals surface area contributed by atoms with Crippen LogP contribution >= 0.6 is 0 Å². The van der Waals surface area contributed by atoms with Gasteiger partial charge >= 0.3 is 0 Å². The van der Waals surface area contributed by atoms with E-state index in [4.69, 9.17) is 0 Å². The summed E-state index contributed by atoms with van der Waals surface area (Å²) in [4.78, 5) is 4.92. The molecule has 3 aromatic rings. The summed E-state index contributed by atoms with van der Waals surface area (Å²) in [6.45, 7) is 19.4. The van der Waals surface area contributed by atoms with Crippen LogP contribution in [0.2, 0.25) is 0 Å². The van der Waals surface area contributed by atoms with Gasteiger partial charge in [-0.15, -0.1) is 0 Å². The SMILES string of the molecule is CCN(CC)CCC1=[C]C(C)N(c2c(C)n[nH]c2CCN(CC)CC)N1c1c[nH]nc1-c1ccccc1. The quantitative estimate of drug-likeness (QED) is 0.341. The van der Waals surface area contributed by atoms with Gasteiger partial charge < -0.3 is 9.80 Å². The van der Waals surface area contributed by atoms with Gasteiger partial charge in [-0.2, -0.15) is 10.2 Å². The molecule has 2 aromatic heterocycles. The van der Waals surface area contributed by atoms with E-state index in [0.29, 0.717) is 0 Å². The van der Waals surface area contributed by atoms with Gasteiger partial charge in [0.05, 0.1) is 17.4 Å². The molecular formula is C29H43N8. The van der Waals surface area contributed by atoms with Gasteiger partial charge in [0, 0.05) is 49.5 Å². The lowest BCUT2D eigenvalue weighted by molar-refractivity contribution is 0.306. The van der Waals surface area contributed by atoms with Gasteiger partial charge in [-0.1, -0.05) is 58.0 Å². The van der Waals surface area contributed by atoms with Crippen LogP contribution in [0.15, 0.2) is 42.2 Å². The van der Waals surface area contributed by atoms with Gasteiger partial charge in [0.2, 0.25) is 0 Å². The van der Waals surface area contributed by atoms with Crippen molar-refractivity contribution in [3.8, 4) is 11.3 Å². The molecule has 0 amide bonds. The second-order valence-electron chi connectivity index (χ2n) is 9.60. The Bertz CT molecular complexity index is 1140. The molecule has 0 saturated carbocycles. The molecule has 8 heteroatoms. The smallest absolute Gasteiger partial charge is 0.118 e. The van der Waals surface area contributed by atoms with Gasteiger partial charge in [0.25, 0.3) is 0 Å². The highest BCUT2D eigenvalue weighted by Gasteiger charge is 2.36. The maximum absolute atomic E-state index is 4.69. The molecule has 1 unspecified atom stereocenters. The van der Waals surface area contributed by atoms with E-state index >= 15 is 0 Å². The lowest BCUT2D eigenvalue weighted by Gasteiger charge is -2.37. The number of H-pyrrole nitrogens is 2. The van der Waals surface area contributed by atoms with Crippen molar-refractivity contribution < 1.29 is 0 Å². The molecule has 1 radical (unpaired) electrons. The van der Waals surface area contributed by atoms with E-state index in [0.717, 1.165) is 86.1 Å². The maximum Gasteiger partial charge on any atom is 0.118 e. The molecule has 37 heavy (non-hydrogen) atoms. The molecule has 2 N–H and O–H groups in total. The molecule has 0 saturated heterocycles. The summed E-state index contributed by atoms with van der Waals surface area (Å²) >= 11 is 0. The van der Waals surface area contributed by atoms with Crippen LogP contribution in [0.4, 0.5) is 11.4 Å². The van der Waals surface area contributed by atoms with Gasteiger partial charge in [-0.3, -0.25) is 20.2 Å². The number of benzene rings is 1. The zero-order chi connectivity index (χ0) is 26.4. The molecule has 0 bridgehead atoms. The number of nitrogens with one attached hydrogen (secondary N) is 2. The van der Waals surface area contributed by atoms with Crippen LogP contribution in [0.25, 0.3) is 11.3 Å². The minimum absolute atomic E-state index is 0.0636. The zero-order valence-electron chi connectivity index (χ0n) is 23.4. The average Bonchev–Trinajstić information content (AvgIpc) is 3.62. The second-order valence-corrected chi connectivity index (χ2v) is 9.60. The van der Waals surface area contributed by atoms with E-state index in [1.807, 2.05) is 12.3 Å². The fourth-order valence-electron chi connectivity index (χ4n) is 5.22. The number of aromatic amines is 2. The molecule has 0 fully saturated rings. The van der Waals surface area contributed by atoms with Crippen molar-refractivity contribution in [3.05, 3.63) is 59.7 Å². The molecule has 1 aromatic carbocycles. The number of hydrogen-bond donors (Lipinski definition) is 2. The lowest BCUT2D eigenvalue weighted by atomic mass is 10.1. The van der Waals surface area contributed by atoms with Crippen LogP contribution in [-0.4, -0.2) is 75.5 Å². The highest BCUT2D eigenvalue weighted by Crippen LogP contribution is 2.41. The Morgan fingerprint density at radius 3 is 2.22 bits per heavy atom. The number of nitrogens with zero attached hydrogens (tertiary/aromatic N) is 6. The number of anilines is 2. The normalized spacial score (nSPS) is 15.9. The number of likely N-dealkylation sites (N-methyl/N-ethyl adjacent to an activating group) is 1. The molecular weight excluding hydrogens is 460 g/mol. The number of aryl methyl sites for hydroxylation is 1. The Morgan fingerprint density at radius 1 is 0.919 bits per heavy atom. The van der Waals surface area contributed by atoms with Crippen LogP contribution in [0.1, 0.15) is 52.4 Å². The standard InChI is InChI=1S/C29H43N8/c1-7-34(8-2)18-16-25-20-22(5)36(29-23(6)31-32-26(29)17-19-35(9-3)10-4)37(25)27-21-30-33-28(27)24-14-12-11-13-15-24/h11-15,21-22H,7-10,16-19H2,1-6H3,(H,30,33)(H,31,32). The highest BCUT2D eigenvalue weighted by molar-refractivity contribution is 5.80. The molecule has 1 aliphatic rings. The number of rotatable bonds is 13. The van der Waals surface area contributed by atoms with Crippen molar-refractivity contribution in [2.45, 2.75) is 60.4 Å². The fraction of sp³-hybridized carbons (Fsp3) is 0.517.